The van der Waals surface area contributed by atoms with Crippen molar-refractivity contribution >= 4 is 16.6 Å². The number of hydrogen-bond acceptors (Lipinski definition) is 2. The molecule has 0 saturated heterocycles. The second kappa shape index (κ2) is 3.22. The molecule has 0 N–H and O–H groups in total. The highest BCUT2D eigenvalue weighted by molar-refractivity contribution is 5.98. The summed E-state index contributed by atoms with van der Waals surface area (Å²) in [7, 11) is 0. The van der Waals surface area contributed by atoms with Crippen LogP contribution in [0.1, 0.15) is 23.0 Å². The first-order chi connectivity index (χ1) is 6.68. The minimum Gasteiger partial charge on any atom is -0.295 e. The lowest BCUT2D eigenvalue weighted by Crippen LogP contribution is -1.92. The van der Waals surface area contributed by atoms with Crippen molar-refractivity contribution < 1.29 is 4.79 Å². The van der Waals surface area contributed by atoms with Gasteiger partial charge in [-0.05, 0) is 31.4 Å². The zero-order valence-electron chi connectivity index (χ0n) is 8.24. The van der Waals surface area contributed by atoms with Crippen LogP contribution in [0.15, 0.2) is 30.5 Å². The van der Waals surface area contributed by atoms with Crippen molar-refractivity contribution in [3.63, 3.8) is 0 Å². The maximum absolute atomic E-state index is 11.2. The molecule has 2 aromatic rings. The third kappa shape index (κ3) is 1.39. The monoisotopic (exact) mass is 185 g/mol. The highest BCUT2D eigenvalue weighted by atomic mass is 16.1. The van der Waals surface area contributed by atoms with Crippen LogP contribution in [0, 0.1) is 6.92 Å². The minimum absolute atomic E-state index is 0.0927. The van der Waals surface area contributed by atoms with Gasteiger partial charge in [0.15, 0.2) is 5.78 Å². The van der Waals surface area contributed by atoms with Gasteiger partial charge in [0.25, 0.3) is 0 Å². The van der Waals surface area contributed by atoms with Crippen molar-refractivity contribution in [2.24, 2.45) is 0 Å². The lowest BCUT2D eigenvalue weighted by Gasteiger charge is -2.02. The lowest BCUT2D eigenvalue weighted by atomic mass is 10.0. The first-order valence-electron chi connectivity index (χ1n) is 4.55. The van der Waals surface area contributed by atoms with E-state index in [2.05, 4.69) is 4.98 Å². The highest BCUT2D eigenvalue weighted by Gasteiger charge is 2.02. The van der Waals surface area contributed by atoms with Crippen molar-refractivity contribution in [2.45, 2.75) is 13.8 Å². The number of carbonyl (C=O) groups is 1. The number of benzene rings is 1. The van der Waals surface area contributed by atoms with E-state index in [9.17, 15) is 4.79 Å². The molecule has 0 spiro atoms. The Balaban J connectivity index is 2.76. The number of pyridine rings is 1. The fraction of sp³-hybridized carbons (Fsp3) is 0.167. The van der Waals surface area contributed by atoms with Crippen molar-refractivity contribution in [3.05, 3.63) is 41.7 Å². The fourth-order valence-electron chi connectivity index (χ4n) is 1.53. The molecule has 1 aromatic heterocycles. The smallest absolute Gasteiger partial charge is 0.159 e. The first kappa shape index (κ1) is 8.88. The number of Topliss-reactive ketones (excluding diaryl/α,β-unsaturated/α-hetero) is 1. The van der Waals surface area contributed by atoms with Crippen LogP contribution >= 0.6 is 0 Å². The molecule has 2 heteroatoms. The summed E-state index contributed by atoms with van der Waals surface area (Å²) >= 11 is 0. The molecule has 0 fully saturated rings. The van der Waals surface area contributed by atoms with E-state index >= 15 is 0 Å². The lowest BCUT2D eigenvalue weighted by molar-refractivity contribution is 0.101. The van der Waals surface area contributed by atoms with Gasteiger partial charge in [-0.1, -0.05) is 12.1 Å². The van der Waals surface area contributed by atoms with Crippen molar-refractivity contribution in [1.29, 1.82) is 0 Å². The summed E-state index contributed by atoms with van der Waals surface area (Å²) in [4.78, 5) is 15.4. The van der Waals surface area contributed by atoms with Crippen LogP contribution < -0.4 is 0 Å². The molecule has 70 valence electrons. The summed E-state index contributed by atoms with van der Waals surface area (Å²) < 4.78 is 0. The Morgan fingerprint density at radius 2 is 2.07 bits per heavy atom. The number of hydrogen-bond donors (Lipinski definition) is 0. The number of rotatable bonds is 1. The molecule has 1 heterocycles. The predicted molar refractivity (Wildman–Crippen MR) is 56.5 cm³/mol. The fourth-order valence-corrected chi connectivity index (χ4v) is 1.53. The van der Waals surface area contributed by atoms with Crippen molar-refractivity contribution in [1.82, 2.24) is 4.98 Å². The van der Waals surface area contributed by atoms with E-state index in [-0.39, 0.29) is 5.78 Å². The number of aryl methyl sites for hydroxylation is 1. The summed E-state index contributed by atoms with van der Waals surface area (Å²) in [6, 6.07) is 7.66. The van der Waals surface area contributed by atoms with E-state index in [0.717, 1.165) is 22.0 Å². The largest absolute Gasteiger partial charge is 0.295 e. The minimum atomic E-state index is 0.0927. The molecular formula is C12H11NO. The molecule has 0 bridgehead atoms. The van der Waals surface area contributed by atoms with Gasteiger partial charge in [0.2, 0.25) is 0 Å². The normalized spacial score (nSPS) is 10.4. The Kier molecular flexibility index (Phi) is 2.04. The Morgan fingerprint density at radius 3 is 2.79 bits per heavy atom. The predicted octanol–water partition coefficient (Wildman–Crippen LogP) is 2.75. The summed E-state index contributed by atoms with van der Waals surface area (Å²) in [6.07, 6.45) is 1.78. The van der Waals surface area contributed by atoms with Crippen LogP contribution in [0.5, 0.6) is 0 Å². The quantitative estimate of drug-likeness (QED) is 0.639. The van der Waals surface area contributed by atoms with E-state index in [1.54, 1.807) is 13.1 Å². The third-order valence-corrected chi connectivity index (χ3v) is 2.37. The summed E-state index contributed by atoms with van der Waals surface area (Å²) in [5.41, 5.74) is 1.71. The second-order valence-corrected chi connectivity index (χ2v) is 3.39. The Morgan fingerprint density at radius 1 is 1.29 bits per heavy atom. The van der Waals surface area contributed by atoms with Gasteiger partial charge in [0.1, 0.15) is 0 Å². The van der Waals surface area contributed by atoms with Gasteiger partial charge in [-0.15, -0.1) is 0 Å². The summed E-state index contributed by atoms with van der Waals surface area (Å²) in [5, 5.41) is 2.18. The Labute approximate surface area is 82.6 Å². The zero-order valence-corrected chi connectivity index (χ0v) is 8.24. The molecule has 14 heavy (non-hydrogen) atoms. The Hall–Kier alpha value is -1.70. The van der Waals surface area contributed by atoms with Crippen molar-refractivity contribution in [2.75, 3.05) is 0 Å². The van der Waals surface area contributed by atoms with E-state index < -0.39 is 0 Å². The standard InChI is InChI=1S/C12H11NO/c1-8-12-7-11(9(2)14)4-3-10(12)5-6-13-8/h3-7H,1-2H3. The molecule has 0 saturated carbocycles. The number of ketones is 1. The molecule has 0 aliphatic heterocycles. The van der Waals surface area contributed by atoms with Crippen LogP contribution in [0.3, 0.4) is 0 Å². The first-order valence-corrected chi connectivity index (χ1v) is 4.55. The topological polar surface area (TPSA) is 30.0 Å². The van der Waals surface area contributed by atoms with Crippen molar-refractivity contribution in [3.8, 4) is 0 Å². The summed E-state index contributed by atoms with van der Waals surface area (Å²) in [6.45, 7) is 3.53. The van der Waals surface area contributed by atoms with Crippen LogP contribution in [0.4, 0.5) is 0 Å². The van der Waals surface area contributed by atoms with Gasteiger partial charge < -0.3 is 0 Å². The van der Waals surface area contributed by atoms with Gasteiger partial charge in [-0.3, -0.25) is 9.78 Å². The third-order valence-electron chi connectivity index (χ3n) is 2.37. The summed E-state index contributed by atoms with van der Waals surface area (Å²) in [5.74, 6) is 0.0927. The maximum atomic E-state index is 11.2. The van der Waals surface area contributed by atoms with Gasteiger partial charge >= 0.3 is 0 Å². The average molecular weight is 185 g/mol. The van der Waals surface area contributed by atoms with Crippen LogP contribution in [0.25, 0.3) is 10.8 Å². The van der Waals surface area contributed by atoms with Gasteiger partial charge in [0, 0.05) is 22.8 Å². The van der Waals surface area contributed by atoms with Gasteiger partial charge in [-0.25, -0.2) is 0 Å². The highest BCUT2D eigenvalue weighted by Crippen LogP contribution is 2.18. The van der Waals surface area contributed by atoms with Crippen LogP contribution in [-0.2, 0) is 0 Å². The SMILES string of the molecule is CC(=O)c1ccc2ccnc(C)c2c1. The molecule has 0 aliphatic carbocycles. The van der Waals surface area contributed by atoms with Crippen LogP contribution in [0.2, 0.25) is 0 Å². The van der Waals surface area contributed by atoms with Gasteiger partial charge in [0.05, 0.1) is 0 Å². The second-order valence-electron chi connectivity index (χ2n) is 3.39. The zero-order chi connectivity index (χ0) is 10.1. The number of fused-ring (bicyclic) bond motifs is 1. The van der Waals surface area contributed by atoms with E-state index in [0.29, 0.717) is 0 Å². The number of nitrogens with zero attached hydrogens (tertiary/aromatic N) is 1. The molecule has 1 aromatic carbocycles. The molecular weight excluding hydrogens is 174 g/mol. The maximum Gasteiger partial charge on any atom is 0.159 e. The van der Waals surface area contributed by atoms with Crippen LogP contribution in [-0.4, -0.2) is 10.8 Å². The van der Waals surface area contributed by atoms with Gasteiger partial charge in [-0.2, -0.15) is 0 Å². The molecule has 0 unspecified atom stereocenters. The van der Waals surface area contributed by atoms with E-state index in [4.69, 9.17) is 0 Å². The number of aromatic nitrogens is 1. The van der Waals surface area contributed by atoms with E-state index in [1.807, 2.05) is 31.2 Å². The molecule has 0 aliphatic rings. The molecule has 0 atom stereocenters. The Bertz CT molecular complexity index is 503. The van der Waals surface area contributed by atoms with E-state index in [1.165, 1.54) is 0 Å². The molecule has 2 rings (SSSR count). The molecule has 0 amide bonds. The average Bonchev–Trinajstić information content (AvgIpc) is 2.18. The molecule has 0 radical (unpaired) electrons. The number of carbonyl (C=O) groups excluding carboxylic acids is 1. The molecule has 2 nitrogen and oxygen atoms in total.